The molecule has 0 aliphatic rings. The molecule has 2 aromatic heterocycles. The quantitative estimate of drug-likeness (QED) is 0.693. The molecule has 5 nitrogen and oxygen atoms in total. The van der Waals surface area contributed by atoms with Gasteiger partial charge in [-0.25, -0.2) is 4.98 Å². The Hall–Kier alpha value is -2.18. The Balaban J connectivity index is 1.57. The average Bonchev–Trinajstić information content (AvgIpc) is 3.23. The molecule has 1 N–H and O–H groups in total. The maximum absolute atomic E-state index is 11.9. The summed E-state index contributed by atoms with van der Waals surface area (Å²) in [5, 5.41) is 4.24. The first kappa shape index (κ1) is 15.7. The normalized spacial score (nSPS) is 10.7. The summed E-state index contributed by atoms with van der Waals surface area (Å²) in [7, 11) is 0. The number of hydrogen-bond donors (Lipinski definition) is 1. The van der Waals surface area contributed by atoms with E-state index < -0.39 is 0 Å². The van der Waals surface area contributed by atoms with Crippen molar-refractivity contribution in [3.63, 3.8) is 0 Å². The number of carbonyl (C=O) groups excluding carboxylic acids is 1. The second-order valence-corrected chi connectivity index (χ2v) is 6.08. The molecule has 0 fully saturated rings. The number of imidazole rings is 1. The summed E-state index contributed by atoms with van der Waals surface area (Å²) in [6.45, 7) is 0.387. The van der Waals surface area contributed by atoms with Crippen LogP contribution in [0.5, 0.6) is 0 Å². The van der Waals surface area contributed by atoms with Gasteiger partial charge in [0.1, 0.15) is 5.76 Å². The summed E-state index contributed by atoms with van der Waals surface area (Å²) in [6.07, 6.45) is 5.14. The van der Waals surface area contributed by atoms with Crippen LogP contribution in [0.3, 0.4) is 0 Å². The molecule has 1 amide bonds. The van der Waals surface area contributed by atoms with E-state index in [2.05, 4.69) is 10.3 Å². The highest BCUT2D eigenvalue weighted by Gasteiger charge is 2.09. The van der Waals surface area contributed by atoms with Crippen LogP contribution in [0.25, 0.3) is 5.69 Å². The monoisotopic (exact) mass is 347 g/mol. The predicted molar refractivity (Wildman–Crippen MR) is 89.9 cm³/mol. The lowest BCUT2D eigenvalue weighted by atomic mass is 10.3. The third-order valence-electron chi connectivity index (χ3n) is 3.08. The molecule has 0 spiro atoms. The van der Waals surface area contributed by atoms with Crippen LogP contribution in [-0.4, -0.2) is 21.2 Å². The molecule has 0 aliphatic heterocycles. The van der Waals surface area contributed by atoms with Gasteiger partial charge >= 0.3 is 0 Å². The van der Waals surface area contributed by atoms with E-state index in [9.17, 15) is 4.79 Å². The minimum atomic E-state index is -0.0722. The van der Waals surface area contributed by atoms with Crippen LogP contribution in [0.2, 0.25) is 5.02 Å². The van der Waals surface area contributed by atoms with Crippen molar-refractivity contribution in [2.24, 2.45) is 0 Å². The van der Waals surface area contributed by atoms with Gasteiger partial charge < -0.3 is 9.73 Å². The Bertz CT molecular complexity index is 769. The number of nitrogens with one attached hydrogen (secondary N) is 1. The van der Waals surface area contributed by atoms with Gasteiger partial charge in [0.25, 0.3) is 0 Å². The smallest absolute Gasteiger partial charge is 0.230 e. The van der Waals surface area contributed by atoms with E-state index in [0.717, 1.165) is 16.6 Å². The van der Waals surface area contributed by atoms with Crippen LogP contribution < -0.4 is 5.32 Å². The molecule has 0 radical (unpaired) electrons. The molecule has 23 heavy (non-hydrogen) atoms. The Morgan fingerprint density at radius 2 is 2.13 bits per heavy atom. The van der Waals surface area contributed by atoms with Gasteiger partial charge in [-0.2, -0.15) is 0 Å². The summed E-state index contributed by atoms with van der Waals surface area (Å²) in [5.74, 6) is 0.939. The third-order valence-corrected chi connectivity index (χ3v) is 4.30. The molecule has 118 valence electrons. The number of rotatable bonds is 6. The number of nitrogens with zero attached hydrogens (tertiary/aromatic N) is 2. The minimum Gasteiger partial charge on any atom is -0.467 e. The molecule has 0 aliphatic carbocycles. The highest BCUT2D eigenvalue weighted by Crippen LogP contribution is 2.21. The first-order valence-electron chi connectivity index (χ1n) is 6.93. The van der Waals surface area contributed by atoms with E-state index in [1.807, 2.05) is 41.1 Å². The zero-order valence-corrected chi connectivity index (χ0v) is 13.7. The molecule has 0 saturated heterocycles. The van der Waals surface area contributed by atoms with Gasteiger partial charge in [-0.1, -0.05) is 23.4 Å². The zero-order chi connectivity index (χ0) is 16.1. The minimum absolute atomic E-state index is 0.0722. The molecule has 1 aromatic carbocycles. The Morgan fingerprint density at radius 1 is 1.30 bits per heavy atom. The highest BCUT2D eigenvalue weighted by atomic mass is 35.5. The largest absolute Gasteiger partial charge is 0.467 e. The summed E-state index contributed by atoms with van der Waals surface area (Å²) in [5.41, 5.74) is 0.949. The molecule has 0 bridgehead atoms. The first-order chi connectivity index (χ1) is 11.2. The summed E-state index contributed by atoms with van der Waals surface area (Å²) in [4.78, 5) is 16.2. The Labute approximate surface area is 142 Å². The molecular formula is C16H14ClN3O2S. The number of amides is 1. The van der Waals surface area contributed by atoms with Crippen LogP contribution in [0.4, 0.5) is 0 Å². The van der Waals surface area contributed by atoms with Gasteiger partial charge in [-0.05, 0) is 36.4 Å². The van der Waals surface area contributed by atoms with Crippen LogP contribution >= 0.6 is 23.4 Å². The standard InChI is InChI=1S/C16H14ClN3O2S/c17-12-3-5-13(6-4-12)20-8-7-18-16(20)23-11-15(21)19-10-14-2-1-9-22-14/h1-9H,10-11H2,(H,19,21). The van der Waals surface area contributed by atoms with Gasteiger partial charge in [0.2, 0.25) is 5.91 Å². The zero-order valence-electron chi connectivity index (χ0n) is 12.1. The fourth-order valence-electron chi connectivity index (χ4n) is 1.97. The topological polar surface area (TPSA) is 60.1 Å². The van der Waals surface area contributed by atoms with Crippen molar-refractivity contribution >= 4 is 29.3 Å². The van der Waals surface area contributed by atoms with Crippen LogP contribution in [0.15, 0.2) is 64.6 Å². The number of hydrogen-bond acceptors (Lipinski definition) is 4. The molecule has 2 heterocycles. The van der Waals surface area contributed by atoms with Crippen molar-refractivity contribution in [1.29, 1.82) is 0 Å². The molecule has 0 unspecified atom stereocenters. The Kier molecular flexibility index (Phi) is 5.05. The van der Waals surface area contributed by atoms with Crippen molar-refractivity contribution in [1.82, 2.24) is 14.9 Å². The fourth-order valence-corrected chi connectivity index (χ4v) is 2.90. The van der Waals surface area contributed by atoms with Crippen LogP contribution in [0.1, 0.15) is 5.76 Å². The second kappa shape index (κ2) is 7.39. The first-order valence-corrected chi connectivity index (χ1v) is 8.30. The number of halogens is 1. The van der Waals surface area contributed by atoms with Gasteiger partial charge in [0.15, 0.2) is 5.16 Å². The van der Waals surface area contributed by atoms with Gasteiger partial charge in [-0.3, -0.25) is 9.36 Å². The van der Waals surface area contributed by atoms with Crippen LogP contribution in [0, 0.1) is 0 Å². The average molecular weight is 348 g/mol. The molecule has 0 atom stereocenters. The summed E-state index contributed by atoms with van der Waals surface area (Å²) in [6, 6.07) is 11.1. The SMILES string of the molecule is O=C(CSc1nccn1-c1ccc(Cl)cc1)NCc1ccco1. The third kappa shape index (κ3) is 4.18. The van der Waals surface area contributed by atoms with E-state index in [1.165, 1.54) is 11.8 Å². The number of benzene rings is 1. The maximum Gasteiger partial charge on any atom is 0.230 e. The van der Waals surface area contributed by atoms with Crippen LogP contribution in [-0.2, 0) is 11.3 Å². The van der Waals surface area contributed by atoms with Gasteiger partial charge in [0, 0.05) is 23.1 Å². The fraction of sp³-hybridized carbons (Fsp3) is 0.125. The summed E-state index contributed by atoms with van der Waals surface area (Å²) < 4.78 is 7.09. The summed E-state index contributed by atoms with van der Waals surface area (Å²) >= 11 is 7.28. The Morgan fingerprint density at radius 3 is 2.87 bits per heavy atom. The molecule has 7 heteroatoms. The van der Waals surface area contributed by atoms with E-state index in [-0.39, 0.29) is 11.7 Å². The second-order valence-electron chi connectivity index (χ2n) is 4.70. The van der Waals surface area contributed by atoms with E-state index in [1.54, 1.807) is 18.5 Å². The van der Waals surface area contributed by atoms with Crippen molar-refractivity contribution < 1.29 is 9.21 Å². The van der Waals surface area contributed by atoms with E-state index in [4.69, 9.17) is 16.0 Å². The van der Waals surface area contributed by atoms with E-state index in [0.29, 0.717) is 11.6 Å². The molecule has 0 saturated carbocycles. The van der Waals surface area contributed by atoms with Crippen molar-refractivity contribution in [2.45, 2.75) is 11.7 Å². The lowest BCUT2D eigenvalue weighted by molar-refractivity contribution is -0.118. The number of furan rings is 1. The van der Waals surface area contributed by atoms with Crippen molar-refractivity contribution in [2.75, 3.05) is 5.75 Å². The van der Waals surface area contributed by atoms with Gasteiger partial charge in [-0.15, -0.1) is 0 Å². The molecule has 3 aromatic rings. The number of carbonyl (C=O) groups is 1. The number of thioether (sulfide) groups is 1. The lowest BCUT2D eigenvalue weighted by Crippen LogP contribution is -2.24. The molecule has 3 rings (SSSR count). The van der Waals surface area contributed by atoms with E-state index >= 15 is 0 Å². The van der Waals surface area contributed by atoms with Crippen molar-refractivity contribution in [3.8, 4) is 5.69 Å². The molecular weight excluding hydrogens is 334 g/mol. The van der Waals surface area contributed by atoms with Gasteiger partial charge in [0.05, 0.1) is 18.6 Å². The lowest BCUT2D eigenvalue weighted by Gasteiger charge is -2.07. The van der Waals surface area contributed by atoms with Crippen molar-refractivity contribution in [3.05, 3.63) is 65.8 Å². The number of aromatic nitrogens is 2. The predicted octanol–water partition coefficient (Wildman–Crippen LogP) is 3.53. The highest BCUT2D eigenvalue weighted by molar-refractivity contribution is 7.99. The maximum atomic E-state index is 11.9.